The Bertz CT molecular complexity index is 454. The first kappa shape index (κ1) is 20.2. The van der Waals surface area contributed by atoms with Gasteiger partial charge in [-0.3, -0.25) is 9.59 Å². The number of carbonyl (C=O) groups is 4. The molecule has 0 saturated carbocycles. The smallest absolute Gasteiger partial charge is 0.346 e. The quantitative estimate of drug-likeness (QED) is 0.202. The fraction of sp³-hybridized carbons (Fsp3) is 0.667. The predicted molar refractivity (Wildman–Crippen MR) is 76.3 cm³/mol. The van der Waals surface area contributed by atoms with Crippen molar-refractivity contribution in [1.29, 1.82) is 0 Å². The van der Waals surface area contributed by atoms with Crippen molar-refractivity contribution >= 4 is 35.6 Å². The molecule has 0 aliphatic carbocycles. The number of aliphatic hydroxyl groups is 1. The van der Waals surface area contributed by atoms with Crippen molar-refractivity contribution < 1.29 is 39.6 Å². The fourth-order valence-corrected chi connectivity index (χ4v) is 2.43. The minimum atomic E-state index is -3.26. The lowest BCUT2D eigenvalue weighted by atomic mass is 9.88. The molecule has 0 aromatic heterocycles. The minimum absolute atomic E-state index is 0.397. The van der Waals surface area contributed by atoms with Crippen LogP contribution in [0.5, 0.6) is 0 Å². The van der Waals surface area contributed by atoms with Crippen molar-refractivity contribution in [3.63, 3.8) is 0 Å². The van der Waals surface area contributed by atoms with E-state index in [9.17, 15) is 24.3 Å². The maximum atomic E-state index is 11.9. The summed E-state index contributed by atoms with van der Waals surface area (Å²) in [6, 6.07) is 0. The first-order chi connectivity index (χ1) is 10.1. The van der Waals surface area contributed by atoms with E-state index in [4.69, 9.17) is 15.3 Å². The fourth-order valence-electron chi connectivity index (χ4n) is 1.41. The van der Waals surface area contributed by atoms with Crippen molar-refractivity contribution in [2.45, 2.75) is 37.7 Å². The van der Waals surface area contributed by atoms with E-state index in [1.165, 1.54) is 0 Å². The van der Waals surface area contributed by atoms with Gasteiger partial charge in [-0.2, -0.15) is 0 Å². The molecule has 0 rings (SSSR count). The highest BCUT2D eigenvalue weighted by molar-refractivity contribution is 8.00. The second-order valence-corrected chi connectivity index (χ2v) is 5.76. The molecule has 9 nitrogen and oxygen atoms in total. The molecular weight excluding hydrogens is 318 g/mol. The molecule has 10 heteroatoms. The highest BCUT2D eigenvalue weighted by Crippen LogP contribution is 2.21. The van der Waals surface area contributed by atoms with E-state index in [2.05, 4.69) is 0 Å². The Morgan fingerprint density at radius 1 is 1.14 bits per heavy atom. The Morgan fingerprint density at radius 2 is 1.68 bits per heavy atom. The number of unbranched alkanes of at least 4 members (excludes halogenated alkanes) is 1. The van der Waals surface area contributed by atoms with Crippen LogP contribution in [0.3, 0.4) is 0 Å². The van der Waals surface area contributed by atoms with E-state index in [0.29, 0.717) is 12.2 Å². The van der Waals surface area contributed by atoms with E-state index in [0.717, 1.165) is 25.1 Å². The number of aliphatic carboxylic acids is 3. The highest BCUT2D eigenvalue weighted by Gasteiger charge is 2.53. The number of rotatable bonds is 10. The monoisotopic (exact) mass is 337 g/mol. The maximum Gasteiger partial charge on any atom is 0.346 e. The molecule has 5 N–H and O–H groups in total. The second kappa shape index (κ2) is 8.59. The van der Waals surface area contributed by atoms with E-state index < -0.39 is 40.7 Å². The van der Waals surface area contributed by atoms with E-state index in [1.807, 2.05) is 12.2 Å². The van der Waals surface area contributed by atoms with Gasteiger partial charge in [0.2, 0.25) is 0 Å². The zero-order valence-electron chi connectivity index (χ0n) is 12.1. The molecule has 0 heterocycles. The molecular formula is C12H19NO8S. The number of carboxylic acids is 3. The zero-order valence-corrected chi connectivity index (χ0v) is 12.9. The SMILES string of the molecule is CCCCSC(NC(=O)C(O)(C(=O)O)C(C)C(=O)O)C(=O)O. The summed E-state index contributed by atoms with van der Waals surface area (Å²) >= 11 is 0.848. The molecule has 3 unspecified atom stereocenters. The molecule has 0 aliphatic rings. The molecule has 22 heavy (non-hydrogen) atoms. The standard InChI is InChI=1S/C12H19NO8S/c1-3-4-5-22-7(9(16)17)13-10(18)12(21,11(19)20)6(2)8(14)15/h6-7,21H,3-5H2,1-2H3,(H,13,18)(H,14,15)(H,16,17)(H,19,20). The number of amides is 1. The molecule has 126 valence electrons. The molecule has 0 bridgehead atoms. The minimum Gasteiger partial charge on any atom is -0.481 e. The topological polar surface area (TPSA) is 161 Å². The second-order valence-electron chi connectivity index (χ2n) is 4.55. The third-order valence-electron chi connectivity index (χ3n) is 2.94. The van der Waals surface area contributed by atoms with Crippen LogP contribution in [0.25, 0.3) is 0 Å². The lowest BCUT2D eigenvalue weighted by molar-refractivity contribution is -0.179. The van der Waals surface area contributed by atoms with Crippen molar-refractivity contribution in [2.24, 2.45) is 5.92 Å². The number of carbonyl (C=O) groups excluding carboxylic acids is 1. The Kier molecular flexibility index (Phi) is 7.88. The molecule has 0 aromatic rings. The summed E-state index contributed by atoms with van der Waals surface area (Å²) in [7, 11) is 0. The van der Waals surface area contributed by atoms with Gasteiger partial charge < -0.3 is 25.7 Å². The molecule has 0 saturated heterocycles. The summed E-state index contributed by atoms with van der Waals surface area (Å²) < 4.78 is 0. The van der Waals surface area contributed by atoms with Gasteiger partial charge in [-0.25, -0.2) is 9.59 Å². The van der Waals surface area contributed by atoms with Gasteiger partial charge in [-0.05, 0) is 19.1 Å². The van der Waals surface area contributed by atoms with Crippen molar-refractivity contribution in [2.75, 3.05) is 5.75 Å². The zero-order chi connectivity index (χ0) is 17.5. The number of carboxylic acid groups (broad SMARTS) is 3. The summed E-state index contributed by atoms with van der Waals surface area (Å²) in [5.41, 5.74) is -3.26. The van der Waals surface area contributed by atoms with Crippen LogP contribution in [-0.4, -0.2) is 61.0 Å². The molecule has 3 atom stereocenters. The number of thioether (sulfide) groups is 1. The Balaban J connectivity index is 5.19. The van der Waals surface area contributed by atoms with Crippen LogP contribution < -0.4 is 5.32 Å². The first-order valence-corrected chi connectivity index (χ1v) is 7.47. The van der Waals surface area contributed by atoms with Gasteiger partial charge in [-0.1, -0.05) is 13.3 Å². The van der Waals surface area contributed by atoms with E-state index in [-0.39, 0.29) is 0 Å². The molecule has 0 aromatic carbocycles. The van der Waals surface area contributed by atoms with Crippen LogP contribution in [0.4, 0.5) is 0 Å². The molecule has 0 spiro atoms. The number of hydrogen-bond donors (Lipinski definition) is 5. The lowest BCUT2D eigenvalue weighted by Gasteiger charge is -2.27. The Labute approximate surface area is 130 Å². The normalized spacial score (nSPS) is 16.1. The first-order valence-electron chi connectivity index (χ1n) is 6.42. The third-order valence-corrected chi connectivity index (χ3v) is 4.12. The maximum absolute atomic E-state index is 11.9. The van der Waals surface area contributed by atoms with Gasteiger partial charge in [0.1, 0.15) is 5.92 Å². The van der Waals surface area contributed by atoms with Crippen LogP contribution in [0.15, 0.2) is 0 Å². The summed E-state index contributed by atoms with van der Waals surface area (Å²) in [5, 5.41) is 37.0. The molecule has 0 aliphatic heterocycles. The van der Waals surface area contributed by atoms with Crippen LogP contribution in [0, 0.1) is 5.92 Å². The third kappa shape index (κ3) is 4.88. The van der Waals surface area contributed by atoms with Crippen LogP contribution >= 0.6 is 11.8 Å². The van der Waals surface area contributed by atoms with Crippen LogP contribution in [-0.2, 0) is 19.2 Å². The number of hydrogen-bond acceptors (Lipinski definition) is 6. The summed E-state index contributed by atoms with van der Waals surface area (Å²) in [5.74, 6) is -8.34. The van der Waals surface area contributed by atoms with Crippen molar-refractivity contribution in [1.82, 2.24) is 5.32 Å². The molecule has 1 amide bonds. The van der Waals surface area contributed by atoms with E-state index >= 15 is 0 Å². The lowest BCUT2D eigenvalue weighted by Crippen LogP contribution is -2.60. The summed E-state index contributed by atoms with van der Waals surface area (Å²) in [6.45, 7) is 2.72. The number of nitrogens with one attached hydrogen (secondary N) is 1. The molecule has 0 fully saturated rings. The van der Waals surface area contributed by atoms with Gasteiger partial charge in [-0.15, -0.1) is 11.8 Å². The highest BCUT2D eigenvalue weighted by atomic mass is 32.2. The van der Waals surface area contributed by atoms with Gasteiger partial charge in [0.05, 0.1) is 0 Å². The predicted octanol–water partition coefficient (Wildman–Crippen LogP) is -0.417. The van der Waals surface area contributed by atoms with Gasteiger partial charge in [0.25, 0.3) is 11.5 Å². The average molecular weight is 337 g/mol. The van der Waals surface area contributed by atoms with E-state index in [1.54, 1.807) is 0 Å². The van der Waals surface area contributed by atoms with Gasteiger partial charge >= 0.3 is 17.9 Å². The molecule has 0 radical (unpaired) electrons. The van der Waals surface area contributed by atoms with Crippen molar-refractivity contribution in [3.05, 3.63) is 0 Å². The van der Waals surface area contributed by atoms with Gasteiger partial charge in [0, 0.05) is 0 Å². The Morgan fingerprint density at radius 3 is 2.05 bits per heavy atom. The summed E-state index contributed by atoms with van der Waals surface area (Å²) in [4.78, 5) is 44.9. The van der Waals surface area contributed by atoms with Crippen LogP contribution in [0.2, 0.25) is 0 Å². The van der Waals surface area contributed by atoms with Crippen LogP contribution in [0.1, 0.15) is 26.7 Å². The van der Waals surface area contributed by atoms with Gasteiger partial charge in [0.15, 0.2) is 5.37 Å². The largest absolute Gasteiger partial charge is 0.481 e. The summed E-state index contributed by atoms with van der Waals surface area (Å²) in [6.07, 6.45) is 1.47. The Hall–Kier alpha value is -1.81. The average Bonchev–Trinajstić information content (AvgIpc) is 2.43. The van der Waals surface area contributed by atoms with Crippen molar-refractivity contribution in [3.8, 4) is 0 Å².